The fourth-order valence-electron chi connectivity index (χ4n) is 2.90. The normalized spacial score (nSPS) is 11.4. The van der Waals surface area contributed by atoms with Crippen molar-refractivity contribution < 1.29 is 4.52 Å². The minimum absolute atomic E-state index is 0.537. The molecule has 0 aliphatic heterocycles. The summed E-state index contributed by atoms with van der Waals surface area (Å²) in [5, 5.41) is 19.3. The summed E-state index contributed by atoms with van der Waals surface area (Å²) in [5.41, 5.74) is 2.83. The second-order valence-electron chi connectivity index (χ2n) is 5.69. The minimum Gasteiger partial charge on any atom is -0.361 e. The first-order chi connectivity index (χ1) is 12.3. The number of hydrogen-bond donors (Lipinski definition) is 0. The summed E-state index contributed by atoms with van der Waals surface area (Å²) in [5.74, 6) is 1.24. The van der Waals surface area contributed by atoms with E-state index in [1.165, 1.54) is 0 Å². The van der Waals surface area contributed by atoms with Gasteiger partial charge in [-0.1, -0.05) is 35.5 Å². The van der Waals surface area contributed by atoms with Crippen molar-refractivity contribution in [3.8, 4) is 22.9 Å². The van der Waals surface area contributed by atoms with E-state index < -0.39 is 0 Å². The van der Waals surface area contributed by atoms with E-state index >= 15 is 0 Å². The van der Waals surface area contributed by atoms with Crippen LogP contribution in [-0.2, 0) is 0 Å². The topological polar surface area (TPSA) is 82.0 Å². The zero-order chi connectivity index (χ0) is 16.8. The first kappa shape index (κ1) is 13.8. The molecule has 0 saturated heterocycles. The lowest BCUT2D eigenvalue weighted by molar-refractivity contribution is 0.399. The van der Waals surface area contributed by atoms with Crippen molar-refractivity contribution in [1.29, 1.82) is 0 Å². The van der Waals surface area contributed by atoms with Gasteiger partial charge in [-0.2, -0.15) is 9.61 Å². The van der Waals surface area contributed by atoms with Crippen LogP contribution in [0.5, 0.6) is 0 Å². The Morgan fingerprint density at radius 2 is 1.76 bits per heavy atom. The van der Waals surface area contributed by atoms with Gasteiger partial charge in [0.25, 0.3) is 0 Å². The molecule has 0 spiro atoms. The summed E-state index contributed by atoms with van der Waals surface area (Å²) in [6, 6.07) is 15.5. The smallest absolute Gasteiger partial charge is 0.207 e. The number of pyridine rings is 1. The number of hydrogen-bond acceptors (Lipinski definition) is 6. The Bertz CT molecular complexity index is 1210. The van der Waals surface area contributed by atoms with Crippen LogP contribution >= 0.6 is 0 Å². The number of aromatic nitrogens is 6. The van der Waals surface area contributed by atoms with Crippen LogP contribution in [0.4, 0.5) is 0 Å². The zero-order valence-electron chi connectivity index (χ0n) is 13.3. The molecule has 4 heterocycles. The van der Waals surface area contributed by atoms with Crippen molar-refractivity contribution in [2.75, 3.05) is 0 Å². The largest absolute Gasteiger partial charge is 0.361 e. The molecule has 5 rings (SSSR count). The van der Waals surface area contributed by atoms with Gasteiger partial charge in [0.05, 0.1) is 5.69 Å². The lowest BCUT2D eigenvalue weighted by atomic mass is 10.1. The van der Waals surface area contributed by atoms with Crippen LogP contribution in [0.3, 0.4) is 0 Å². The number of fused-ring (bicyclic) bond motifs is 3. The van der Waals surface area contributed by atoms with Crippen LogP contribution in [0.15, 0.2) is 59.3 Å². The Hall–Kier alpha value is -3.61. The molecule has 7 nitrogen and oxygen atoms in total. The molecule has 0 bridgehead atoms. The average Bonchev–Trinajstić information content (AvgIpc) is 3.27. The predicted octanol–water partition coefficient (Wildman–Crippen LogP) is 3.30. The van der Waals surface area contributed by atoms with Crippen molar-refractivity contribution in [2.45, 2.75) is 6.92 Å². The minimum atomic E-state index is 0.537. The Kier molecular flexibility index (Phi) is 2.87. The van der Waals surface area contributed by atoms with Crippen molar-refractivity contribution in [1.82, 2.24) is 30.0 Å². The molecule has 0 aliphatic rings. The van der Waals surface area contributed by atoms with Crippen LogP contribution in [0.25, 0.3) is 39.3 Å². The molecule has 7 heteroatoms. The van der Waals surface area contributed by atoms with E-state index in [0.717, 1.165) is 22.2 Å². The second kappa shape index (κ2) is 5.20. The quantitative estimate of drug-likeness (QED) is 0.494. The van der Waals surface area contributed by atoms with Crippen LogP contribution < -0.4 is 0 Å². The highest BCUT2D eigenvalue weighted by molar-refractivity contribution is 6.01. The first-order valence-electron chi connectivity index (χ1n) is 7.80. The molecular formula is C18H12N6O. The number of nitrogens with zero attached hydrogens (tertiary/aromatic N) is 6. The van der Waals surface area contributed by atoms with Crippen LogP contribution in [0, 0.1) is 6.92 Å². The molecule has 0 N–H and O–H groups in total. The highest BCUT2D eigenvalue weighted by Gasteiger charge is 2.18. The van der Waals surface area contributed by atoms with Crippen molar-refractivity contribution in [3.05, 3.63) is 60.5 Å². The molecule has 1 aromatic carbocycles. The number of rotatable bonds is 2. The maximum absolute atomic E-state index is 5.17. The molecule has 0 aliphatic carbocycles. The summed E-state index contributed by atoms with van der Waals surface area (Å²) in [6.07, 6.45) is 1.75. The van der Waals surface area contributed by atoms with E-state index in [4.69, 9.17) is 9.62 Å². The van der Waals surface area contributed by atoms with E-state index in [2.05, 4.69) is 20.3 Å². The lowest BCUT2D eigenvalue weighted by Gasteiger charge is -2.07. The molecule has 25 heavy (non-hydrogen) atoms. The third-order valence-electron chi connectivity index (χ3n) is 4.03. The molecule has 0 radical (unpaired) electrons. The van der Waals surface area contributed by atoms with E-state index in [0.29, 0.717) is 22.9 Å². The maximum atomic E-state index is 5.17. The third-order valence-corrected chi connectivity index (χ3v) is 4.03. The molecule has 120 valence electrons. The summed E-state index contributed by atoms with van der Waals surface area (Å²) in [6.45, 7) is 1.84. The van der Waals surface area contributed by atoms with Crippen molar-refractivity contribution in [3.63, 3.8) is 0 Å². The lowest BCUT2D eigenvalue weighted by Crippen LogP contribution is -2.00. The van der Waals surface area contributed by atoms with E-state index in [1.54, 1.807) is 10.7 Å². The van der Waals surface area contributed by atoms with Crippen molar-refractivity contribution >= 4 is 16.4 Å². The average molecular weight is 328 g/mol. The molecule has 4 aromatic heterocycles. The van der Waals surface area contributed by atoms with Gasteiger partial charge in [-0.05, 0) is 19.1 Å². The predicted molar refractivity (Wildman–Crippen MR) is 91.8 cm³/mol. The summed E-state index contributed by atoms with van der Waals surface area (Å²) >= 11 is 0. The van der Waals surface area contributed by atoms with E-state index in [-0.39, 0.29) is 0 Å². The van der Waals surface area contributed by atoms with Crippen LogP contribution in [0.2, 0.25) is 0 Å². The molecule has 5 aromatic rings. The van der Waals surface area contributed by atoms with E-state index in [1.807, 2.05) is 55.5 Å². The second-order valence-corrected chi connectivity index (χ2v) is 5.69. The zero-order valence-corrected chi connectivity index (χ0v) is 13.3. The highest BCUT2D eigenvalue weighted by atomic mass is 16.5. The van der Waals surface area contributed by atoms with Gasteiger partial charge in [0, 0.05) is 23.0 Å². The SMILES string of the molecule is Cc1cc(-c2nnc3c4ccccc4c(-c4ccccn4)nn23)no1. The molecular weight excluding hydrogens is 316 g/mol. The van der Waals surface area contributed by atoms with Gasteiger partial charge in [-0.25, -0.2) is 0 Å². The van der Waals surface area contributed by atoms with Gasteiger partial charge in [0.2, 0.25) is 5.82 Å². The standard InChI is InChI=1S/C18H12N6O/c1-11-10-15(23-25-11)18-21-20-17-13-7-3-2-6-12(13)16(22-24(17)18)14-8-4-5-9-19-14/h2-10H,1H3. The number of benzene rings is 1. The fraction of sp³-hybridized carbons (Fsp3) is 0.0556. The summed E-state index contributed by atoms with van der Waals surface area (Å²) in [4.78, 5) is 4.45. The maximum Gasteiger partial charge on any atom is 0.207 e. The Morgan fingerprint density at radius 1 is 0.920 bits per heavy atom. The Labute approximate surface area is 141 Å². The van der Waals surface area contributed by atoms with Gasteiger partial charge in [-0.15, -0.1) is 10.2 Å². The first-order valence-corrected chi connectivity index (χ1v) is 7.80. The fourth-order valence-corrected chi connectivity index (χ4v) is 2.90. The Morgan fingerprint density at radius 3 is 2.52 bits per heavy atom. The molecule has 0 saturated carbocycles. The van der Waals surface area contributed by atoms with Gasteiger partial charge in [-0.3, -0.25) is 4.98 Å². The van der Waals surface area contributed by atoms with Gasteiger partial charge in [0.15, 0.2) is 11.3 Å². The summed E-state index contributed by atoms with van der Waals surface area (Å²) < 4.78 is 6.87. The number of aryl methyl sites for hydroxylation is 1. The molecule has 0 unspecified atom stereocenters. The monoisotopic (exact) mass is 328 g/mol. The summed E-state index contributed by atoms with van der Waals surface area (Å²) in [7, 11) is 0. The molecule has 0 fully saturated rings. The van der Waals surface area contributed by atoms with E-state index in [9.17, 15) is 0 Å². The van der Waals surface area contributed by atoms with Gasteiger partial charge in [0.1, 0.15) is 11.5 Å². The Balaban J connectivity index is 1.89. The highest BCUT2D eigenvalue weighted by Crippen LogP contribution is 2.29. The van der Waals surface area contributed by atoms with Crippen molar-refractivity contribution in [2.24, 2.45) is 0 Å². The third kappa shape index (κ3) is 2.09. The van der Waals surface area contributed by atoms with Crippen LogP contribution in [-0.4, -0.2) is 30.0 Å². The van der Waals surface area contributed by atoms with Gasteiger partial charge < -0.3 is 4.52 Å². The van der Waals surface area contributed by atoms with Crippen LogP contribution in [0.1, 0.15) is 5.76 Å². The van der Waals surface area contributed by atoms with Gasteiger partial charge >= 0.3 is 0 Å². The molecule has 0 atom stereocenters. The molecule has 0 amide bonds.